The van der Waals surface area contributed by atoms with Gasteiger partial charge >= 0.3 is 41.9 Å². The fourth-order valence-corrected chi connectivity index (χ4v) is 5.11. The molecule has 0 saturated heterocycles. The average Bonchev–Trinajstić information content (AvgIpc) is 3.30. The molecule has 0 aliphatic heterocycles. The van der Waals surface area contributed by atoms with Gasteiger partial charge in [-0.3, -0.25) is 0 Å². The zero-order chi connectivity index (χ0) is 25.2. The van der Waals surface area contributed by atoms with Gasteiger partial charge in [0.1, 0.15) is 0 Å². The number of hydrogen-bond donors (Lipinski definition) is 0. The van der Waals surface area contributed by atoms with Gasteiger partial charge in [0.25, 0.3) is 0 Å². The van der Waals surface area contributed by atoms with E-state index >= 15 is 0 Å². The van der Waals surface area contributed by atoms with E-state index in [-0.39, 0.29) is 5.43 Å². The molecule has 0 N–H and O–H groups in total. The normalized spacial score (nSPS) is 13.6. The van der Waals surface area contributed by atoms with E-state index in [2.05, 4.69) is 116 Å². The zero-order valence-corrected chi connectivity index (χ0v) is 26.1. The molecule has 5 rings (SSSR count). The molecule has 0 heterocycles. The number of hydrogen-bond acceptors (Lipinski definition) is 0. The van der Waals surface area contributed by atoms with Gasteiger partial charge in [0.2, 0.25) is 0 Å². The van der Waals surface area contributed by atoms with E-state index in [9.17, 15) is 0 Å². The Morgan fingerprint density at radius 3 is 1.74 bits per heavy atom. The first-order valence-electron chi connectivity index (χ1n) is 12.4. The van der Waals surface area contributed by atoms with E-state index < -0.39 is 0 Å². The molecule has 0 bridgehead atoms. The molecule has 0 radical (unpaired) electrons. The van der Waals surface area contributed by atoms with Crippen LogP contribution in [0.1, 0.15) is 52.8 Å². The van der Waals surface area contributed by atoms with Gasteiger partial charge in [-0.05, 0) is 18.3 Å². The monoisotopic (exact) mass is 542 g/mol. The van der Waals surface area contributed by atoms with Crippen LogP contribution in [0.4, 0.5) is 0 Å². The predicted octanol–water partition coefficient (Wildman–Crippen LogP) is 9.08. The Balaban J connectivity index is 0.000000208. The van der Waals surface area contributed by atoms with Gasteiger partial charge in [-0.15, -0.1) is 40.1 Å². The maximum Gasteiger partial charge on any atom is -0.0237 e. The molecule has 0 nitrogen and oxygen atoms in total. The van der Waals surface area contributed by atoms with Gasteiger partial charge < -0.3 is 0 Å². The minimum atomic E-state index is 0.210. The third-order valence-corrected chi connectivity index (χ3v) is 6.99. The molecule has 0 fully saturated rings. The van der Waals surface area contributed by atoms with Crippen LogP contribution in [0.3, 0.4) is 0 Å². The van der Waals surface area contributed by atoms with E-state index in [4.69, 9.17) is 0 Å². The molecular weight excluding hydrogens is 504 g/mol. The van der Waals surface area contributed by atoms with Crippen molar-refractivity contribution in [3.63, 3.8) is 0 Å². The standard InChI is InChI=1S/C21H21.C9H13.C2H6Si.Zr/c1-14-9-16-10-17-12-21(2,3)13-18(17)11-19(16)20(14)15-7-5-4-6-8-15;1-6-5-7(2)9(4)8(6)3;1-3-2;/h4-11H,12-13H2,1-3H3;5H,1-4H3;1-2H3;/q2*-1;;+2. The van der Waals surface area contributed by atoms with E-state index in [0.29, 0.717) is 5.41 Å². The molecule has 4 aromatic carbocycles. The van der Waals surface area contributed by atoms with E-state index in [1.165, 1.54) is 62.6 Å². The summed E-state index contributed by atoms with van der Waals surface area (Å²) < 4.78 is 0. The van der Waals surface area contributed by atoms with Crippen molar-refractivity contribution in [2.24, 2.45) is 5.41 Å². The Hall–Kier alpha value is -1.50. The molecule has 4 aromatic rings. The second kappa shape index (κ2) is 11.0. The smallest absolute Gasteiger partial charge is 0.0237 e. The van der Waals surface area contributed by atoms with Crippen molar-refractivity contribution in [3.05, 3.63) is 93.5 Å². The summed E-state index contributed by atoms with van der Waals surface area (Å²) in [6, 6.07) is 20.3. The Morgan fingerprint density at radius 2 is 1.26 bits per heavy atom. The van der Waals surface area contributed by atoms with Gasteiger partial charge in [0, 0.05) is 0 Å². The Morgan fingerprint density at radius 1 is 0.765 bits per heavy atom. The summed E-state index contributed by atoms with van der Waals surface area (Å²) in [5.74, 6) is 0. The SMILES string of the molecule is C[Si](C)=[Zr+2].Cc1[cH-]c(C)c(C)c1C.Cc1[cH-]c2cc3c(cc2c1-c1ccccc1)CC(C)(C)C3. The molecule has 0 aromatic heterocycles. The summed E-state index contributed by atoms with van der Waals surface area (Å²) in [7, 11) is 0. The molecule has 1 aliphatic carbocycles. The van der Waals surface area contributed by atoms with Crippen molar-refractivity contribution in [1.29, 1.82) is 0 Å². The minimum Gasteiger partial charge on any atom is -0.196 e. The molecule has 0 unspecified atom stereocenters. The maximum absolute atomic E-state index is 2.45. The summed E-state index contributed by atoms with van der Waals surface area (Å²) >= 11 is 1.74. The van der Waals surface area contributed by atoms with Crippen LogP contribution in [0.25, 0.3) is 21.9 Å². The van der Waals surface area contributed by atoms with E-state index in [1.807, 2.05) is 0 Å². The molecule has 176 valence electrons. The van der Waals surface area contributed by atoms with Crippen LogP contribution in [0.15, 0.2) is 54.6 Å². The summed E-state index contributed by atoms with van der Waals surface area (Å²) in [6.45, 7) is 20.3. The van der Waals surface area contributed by atoms with Gasteiger partial charge in [-0.25, -0.2) is 0 Å². The zero-order valence-electron chi connectivity index (χ0n) is 22.6. The quantitative estimate of drug-likeness (QED) is 0.166. The van der Waals surface area contributed by atoms with Gasteiger partial charge in [0.05, 0.1) is 0 Å². The minimum absolute atomic E-state index is 0.210. The van der Waals surface area contributed by atoms with Crippen molar-refractivity contribution in [3.8, 4) is 11.1 Å². The van der Waals surface area contributed by atoms with E-state index in [0.717, 1.165) is 0 Å². The van der Waals surface area contributed by atoms with Crippen LogP contribution in [0.5, 0.6) is 0 Å². The first-order chi connectivity index (χ1) is 15.9. The summed E-state index contributed by atoms with van der Waals surface area (Å²) in [4.78, 5) is 0. The van der Waals surface area contributed by atoms with Crippen LogP contribution in [-0.2, 0) is 36.2 Å². The largest absolute Gasteiger partial charge is 0.196 e. The summed E-state index contributed by atoms with van der Waals surface area (Å²) in [6.07, 6.45) is 2.42. The van der Waals surface area contributed by atoms with Crippen molar-refractivity contribution in [1.82, 2.24) is 0 Å². The van der Waals surface area contributed by atoms with Crippen LogP contribution in [0.2, 0.25) is 13.1 Å². The van der Waals surface area contributed by atoms with Crippen LogP contribution < -0.4 is 0 Å². The maximum atomic E-state index is 2.45. The van der Waals surface area contributed by atoms with Crippen molar-refractivity contribution in [2.45, 2.75) is 74.4 Å². The molecule has 0 spiro atoms. The van der Waals surface area contributed by atoms with Gasteiger partial charge in [-0.1, -0.05) is 95.5 Å². The van der Waals surface area contributed by atoms with Crippen molar-refractivity contribution in [2.75, 3.05) is 0 Å². The number of benzene rings is 2. The Labute approximate surface area is 222 Å². The summed E-state index contributed by atoms with van der Waals surface area (Å²) in [5, 5.41) is 2.83. The molecule has 34 heavy (non-hydrogen) atoms. The van der Waals surface area contributed by atoms with Gasteiger partial charge in [0.15, 0.2) is 0 Å². The first kappa shape index (κ1) is 27.1. The van der Waals surface area contributed by atoms with Crippen molar-refractivity contribution < 1.29 is 23.3 Å². The van der Waals surface area contributed by atoms with E-state index in [1.54, 1.807) is 34.5 Å². The predicted molar refractivity (Wildman–Crippen MR) is 149 cm³/mol. The second-order valence-electron chi connectivity index (χ2n) is 11.1. The molecule has 0 atom stereocenters. The molecule has 2 heteroatoms. The number of rotatable bonds is 1. The van der Waals surface area contributed by atoms with Crippen LogP contribution in [0, 0.1) is 40.0 Å². The van der Waals surface area contributed by atoms with Crippen LogP contribution >= 0.6 is 0 Å². The Kier molecular flexibility index (Phi) is 8.80. The Bertz CT molecular complexity index is 1270. The van der Waals surface area contributed by atoms with Crippen LogP contribution in [-0.4, -0.2) is 5.43 Å². The fourth-order valence-electron chi connectivity index (χ4n) is 5.11. The average molecular weight is 544 g/mol. The first-order valence-corrected chi connectivity index (χ1v) is 18.6. The molecule has 0 amide bonds. The fraction of sp³-hybridized carbons (Fsp3) is 0.375. The topological polar surface area (TPSA) is 0 Å². The molecule has 0 saturated carbocycles. The van der Waals surface area contributed by atoms with Gasteiger partial charge in [-0.2, -0.15) is 28.3 Å². The third-order valence-electron chi connectivity index (χ3n) is 6.99. The summed E-state index contributed by atoms with van der Waals surface area (Å²) in [5.41, 5.74) is 13.6. The van der Waals surface area contributed by atoms with Crippen molar-refractivity contribution >= 4 is 16.2 Å². The molecule has 1 aliphatic rings. The number of aryl methyl sites for hydroxylation is 3. The molecular formula is C32H40SiZr. The third kappa shape index (κ3) is 6.38. The number of fused-ring (bicyclic) bond motifs is 2. The second-order valence-corrected chi connectivity index (χ2v) is 20.4.